The van der Waals surface area contributed by atoms with E-state index in [4.69, 9.17) is 21.1 Å². The highest BCUT2D eigenvalue weighted by atomic mass is 35.5. The Balaban J connectivity index is 1.83. The molecule has 0 N–H and O–H groups in total. The molecule has 160 valence electrons. The van der Waals surface area contributed by atoms with Gasteiger partial charge >= 0.3 is 0 Å². The molecule has 0 saturated carbocycles. The fourth-order valence-corrected chi connectivity index (χ4v) is 5.13. The summed E-state index contributed by atoms with van der Waals surface area (Å²) in [5.41, 5.74) is 2.18. The summed E-state index contributed by atoms with van der Waals surface area (Å²) in [5, 5.41) is 5.02. The van der Waals surface area contributed by atoms with Gasteiger partial charge in [-0.2, -0.15) is 17.9 Å². The van der Waals surface area contributed by atoms with Crippen LogP contribution in [0.15, 0.2) is 82.8 Å². The molecule has 1 unspecified atom stereocenters. The SMILES string of the molecule is COc1cccc(C2=NN(S(=O)(=O)c3ccc(Cl)cc3)C(c3ccccc3OC)C2)c1. The van der Waals surface area contributed by atoms with E-state index in [1.165, 1.54) is 16.5 Å². The first-order chi connectivity index (χ1) is 14.9. The van der Waals surface area contributed by atoms with Crippen LogP contribution in [0, 0.1) is 0 Å². The number of hydrogen-bond acceptors (Lipinski definition) is 5. The summed E-state index contributed by atoms with van der Waals surface area (Å²) >= 11 is 5.95. The zero-order valence-corrected chi connectivity index (χ0v) is 18.6. The third kappa shape index (κ3) is 4.11. The first-order valence-electron chi connectivity index (χ1n) is 9.59. The van der Waals surface area contributed by atoms with Crippen LogP contribution in [0.5, 0.6) is 11.5 Å². The summed E-state index contributed by atoms with van der Waals surface area (Å²) in [6, 6.07) is 20.3. The lowest BCUT2D eigenvalue weighted by Crippen LogP contribution is -2.27. The van der Waals surface area contributed by atoms with Crippen molar-refractivity contribution in [3.63, 3.8) is 0 Å². The molecule has 1 atom stereocenters. The number of nitrogens with zero attached hydrogens (tertiary/aromatic N) is 2. The van der Waals surface area contributed by atoms with Gasteiger partial charge in [0, 0.05) is 22.6 Å². The van der Waals surface area contributed by atoms with Crippen molar-refractivity contribution in [1.29, 1.82) is 0 Å². The molecule has 0 spiro atoms. The number of halogens is 1. The highest BCUT2D eigenvalue weighted by Gasteiger charge is 2.39. The summed E-state index contributed by atoms with van der Waals surface area (Å²) in [5.74, 6) is 1.28. The van der Waals surface area contributed by atoms with E-state index in [1.807, 2.05) is 48.5 Å². The molecule has 0 aromatic heterocycles. The molecule has 1 aliphatic heterocycles. The van der Waals surface area contributed by atoms with Crippen molar-refractivity contribution in [3.8, 4) is 11.5 Å². The van der Waals surface area contributed by atoms with Crippen molar-refractivity contribution in [2.24, 2.45) is 5.10 Å². The maximum atomic E-state index is 13.5. The molecule has 0 saturated heterocycles. The standard InChI is InChI=1S/C23H21ClN2O4S/c1-29-18-7-5-6-16(14-18)21-15-22(20-8-3-4-9-23(20)30-2)26(25-21)31(27,28)19-12-10-17(24)11-13-19/h3-14,22H,15H2,1-2H3. The van der Waals surface area contributed by atoms with Gasteiger partial charge in [-0.15, -0.1) is 0 Å². The molecule has 0 radical (unpaired) electrons. The molecule has 0 bridgehead atoms. The normalized spacial score (nSPS) is 16.2. The van der Waals surface area contributed by atoms with Crippen LogP contribution < -0.4 is 9.47 Å². The van der Waals surface area contributed by atoms with E-state index in [1.54, 1.807) is 26.4 Å². The van der Waals surface area contributed by atoms with Gasteiger partial charge in [0.1, 0.15) is 11.5 Å². The summed E-state index contributed by atoms with van der Waals surface area (Å²) in [6.07, 6.45) is 0.389. The number of hydrazone groups is 1. The van der Waals surface area contributed by atoms with E-state index in [2.05, 4.69) is 5.10 Å². The summed E-state index contributed by atoms with van der Waals surface area (Å²) in [7, 11) is -0.781. The van der Waals surface area contributed by atoms with Gasteiger partial charge in [0.15, 0.2) is 0 Å². The first kappa shape index (κ1) is 21.2. The lowest BCUT2D eigenvalue weighted by Gasteiger charge is -2.24. The molecule has 4 rings (SSSR count). The van der Waals surface area contributed by atoms with Crippen LogP contribution in [0.25, 0.3) is 0 Å². The van der Waals surface area contributed by atoms with Crippen molar-refractivity contribution in [2.45, 2.75) is 17.4 Å². The van der Waals surface area contributed by atoms with Gasteiger partial charge in [0.05, 0.1) is 30.9 Å². The van der Waals surface area contributed by atoms with E-state index < -0.39 is 16.1 Å². The van der Waals surface area contributed by atoms with Gasteiger partial charge < -0.3 is 9.47 Å². The maximum absolute atomic E-state index is 13.5. The largest absolute Gasteiger partial charge is 0.497 e. The van der Waals surface area contributed by atoms with Gasteiger partial charge in [-0.25, -0.2) is 0 Å². The lowest BCUT2D eigenvalue weighted by atomic mass is 9.98. The lowest BCUT2D eigenvalue weighted by molar-refractivity contribution is 0.350. The molecule has 1 aliphatic rings. The van der Waals surface area contributed by atoms with Crippen LogP contribution in [0.4, 0.5) is 0 Å². The van der Waals surface area contributed by atoms with E-state index in [0.29, 0.717) is 28.7 Å². The smallest absolute Gasteiger partial charge is 0.279 e. The fraction of sp³-hybridized carbons (Fsp3) is 0.174. The van der Waals surface area contributed by atoms with Crippen molar-refractivity contribution in [1.82, 2.24) is 4.41 Å². The predicted octanol–water partition coefficient (Wildman–Crippen LogP) is 4.90. The zero-order valence-electron chi connectivity index (χ0n) is 17.0. The molecule has 0 amide bonds. The highest BCUT2D eigenvalue weighted by Crippen LogP contribution is 2.40. The molecular formula is C23H21ClN2O4S. The highest BCUT2D eigenvalue weighted by molar-refractivity contribution is 7.89. The van der Waals surface area contributed by atoms with E-state index in [0.717, 1.165) is 11.1 Å². The van der Waals surface area contributed by atoms with Crippen molar-refractivity contribution < 1.29 is 17.9 Å². The summed E-state index contributed by atoms with van der Waals surface area (Å²) in [6.45, 7) is 0. The minimum atomic E-state index is -3.93. The third-order valence-electron chi connectivity index (χ3n) is 5.13. The number of para-hydroxylation sites is 1. The van der Waals surface area contributed by atoms with Crippen LogP contribution >= 0.6 is 11.6 Å². The molecule has 31 heavy (non-hydrogen) atoms. The number of hydrogen-bond donors (Lipinski definition) is 0. The number of rotatable bonds is 6. The monoisotopic (exact) mass is 456 g/mol. The predicted molar refractivity (Wildman–Crippen MR) is 120 cm³/mol. The van der Waals surface area contributed by atoms with E-state index >= 15 is 0 Å². The molecule has 3 aromatic carbocycles. The Morgan fingerprint density at radius 2 is 1.71 bits per heavy atom. The minimum Gasteiger partial charge on any atom is -0.497 e. The zero-order chi connectivity index (χ0) is 22.0. The molecule has 0 fully saturated rings. The number of sulfonamides is 1. The van der Waals surface area contributed by atoms with Gasteiger partial charge in [-0.1, -0.05) is 41.9 Å². The molecular weight excluding hydrogens is 436 g/mol. The van der Waals surface area contributed by atoms with Gasteiger partial charge in [0.2, 0.25) is 0 Å². The van der Waals surface area contributed by atoms with Crippen molar-refractivity contribution >= 4 is 27.3 Å². The average Bonchev–Trinajstić information content (AvgIpc) is 3.26. The Labute approximate surface area is 186 Å². The Kier molecular flexibility index (Phi) is 5.89. The van der Waals surface area contributed by atoms with E-state index in [-0.39, 0.29) is 4.90 Å². The molecule has 0 aliphatic carbocycles. The fourth-order valence-electron chi connectivity index (χ4n) is 3.58. The van der Waals surface area contributed by atoms with Gasteiger partial charge in [0.25, 0.3) is 10.0 Å². The second-order valence-corrected chi connectivity index (χ2v) is 9.20. The number of ether oxygens (including phenoxy) is 2. The molecule has 3 aromatic rings. The molecule has 1 heterocycles. The molecule has 8 heteroatoms. The maximum Gasteiger partial charge on any atom is 0.279 e. The van der Waals surface area contributed by atoms with Crippen LogP contribution in [0.1, 0.15) is 23.6 Å². The Bertz CT molecular complexity index is 1230. The van der Waals surface area contributed by atoms with E-state index in [9.17, 15) is 8.42 Å². The second-order valence-electron chi connectivity index (χ2n) is 6.97. The number of methoxy groups -OCH3 is 2. The Morgan fingerprint density at radius 3 is 2.42 bits per heavy atom. The van der Waals surface area contributed by atoms with Crippen LogP contribution in [-0.4, -0.2) is 32.8 Å². The van der Waals surface area contributed by atoms with Crippen LogP contribution in [-0.2, 0) is 10.0 Å². The quantitative estimate of drug-likeness (QED) is 0.529. The average molecular weight is 457 g/mol. The first-order valence-corrected chi connectivity index (χ1v) is 11.4. The molecule has 6 nitrogen and oxygen atoms in total. The number of benzene rings is 3. The van der Waals surface area contributed by atoms with Crippen molar-refractivity contribution in [2.75, 3.05) is 14.2 Å². The Hall–Kier alpha value is -3.03. The van der Waals surface area contributed by atoms with Crippen LogP contribution in [0.3, 0.4) is 0 Å². The topological polar surface area (TPSA) is 68.2 Å². The summed E-state index contributed by atoms with van der Waals surface area (Å²) < 4.78 is 39.1. The van der Waals surface area contributed by atoms with Gasteiger partial charge in [-0.05, 0) is 42.5 Å². The van der Waals surface area contributed by atoms with Crippen molar-refractivity contribution in [3.05, 3.63) is 88.9 Å². The van der Waals surface area contributed by atoms with Crippen LogP contribution in [0.2, 0.25) is 5.02 Å². The Morgan fingerprint density at radius 1 is 0.968 bits per heavy atom. The summed E-state index contributed by atoms with van der Waals surface area (Å²) in [4.78, 5) is 0.118. The second kappa shape index (κ2) is 8.61. The van der Waals surface area contributed by atoms with Gasteiger partial charge in [-0.3, -0.25) is 0 Å². The third-order valence-corrected chi connectivity index (χ3v) is 7.08. The minimum absolute atomic E-state index is 0.118.